The van der Waals surface area contributed by atoms with E-state index in [4.69, 9.17) is 11.6 Å². The number of anilines is 1. The number of rotatable bonds is 9. The van der Waals surface area contributed by atoms with Gasteiger partial charge in [0.2, 0.25) is 21.8 Å². The van der Waals surface area contributed by atoms with E-state index in [9.17, 15) is 18.0 Å². The predicted molar refractivity (Wildman–Crippen MR) is 131 cm³/mol. The lowest BCUT2D eigenvalue weighted by atomic mass is 10.1. The number of aryl methyl sites for hydroxylation is 1. The Morgan fingerprint density at radius 1 is 1.16 bits per heavy atom. The van der Waals surface area contributed by atoms with Crippen molar-refractivity contribution in [2.45, 2.75) is 32.9 Å². The zero-order chi connectivity index (χ0) is 24.1. The van der Waals surface area contributed by atoms with Crippen LogP contribution in [-0.2, 0) is 26.2 Å². The summed E-state index contributed by atoms with van der Waals surface area (Å²) in [5.41, 5.74) is 1.98. The molecule has 32 heavy (non-hydrogen) atoms. The highest BCUT2D eigenvalue weighted by molar-refractivity contribution is 9.10. The molecular formula is C22H27BrClN3O4S. The molecule has 0 bridgehead atoms. The van der Waals surface area contributed by atoms with Crippen molar-refractivity contribution in [3.63, 3.8) is 0 Å². The first-order chi connectivity index (χ1) is 15.0. The van der Waals surface area contributed by atoms with Gasteiger partial charge in [-0.05, 0) is 54.8 Å². The standard InChI is InChI=1S/C22H27BrClN3O4S/c1-5-20(22(29)25-3)26(13-16-6-8-17(24)9-7-16)21(28)14-27(32(4,30)31)18-10-11-19(23)15(2)12-18/h6-12,20H,5,13-14H2,1-4H3,(H,25,29)/t20-/m0/s1. The summed E-state index contributed by atoms with van der Waals surface area (Å²) in [6, 6.07) is 11.2. The highest BCUT2D eigenvalue weighted by Gasteiger charge is 2.31. The fourth-order valence-electron chi connectivity index (χ4n) is 3.27. The van der Waals surface area contributed by atoms with Crippen molar-refractivity contribution in [1.82, 2.24) is 10.2 Å². The van der Waals surface area contributed by atoms with Gasteiger partial charge in [-0.2, -0.15) is 0 Å². The second kappa shape index (κ2) is 11.2. The number of hydrogen-bond acceptors (Lipinski definition) is 4. The number of likely N-dealkylation sites (N-methyl/N-ethyl adjacent to an activating group) is 1. The molecule has 0 saturated carbocycles. The fourth-order valence-corrected chi connectivity index (χ4v) is 4.48. The van der Waals surface area contributed by atoms with Gasteiger partial charge in [-0.25, -0.2) is 8.42 Å². The van der Waals surface area contributed by atoms with Crippen molar-refractivity contribution in [2.24, 2.45) is 0 Å². The molecule has 0 spiro atoms. The lowest BCUT2D eigenvalue weighted by Crippen LogP contribution is -2.51. The van der Waals surface area contributed by atoms with E-state index in [1.54, 1.807) is 49.4 Å². The van der Waals surface area contributed by atoms with Crippen LogP contribution in [0.25, 0.3) is 0 Å². The van der Waals surface area contributed by atoms with E-state index in [1.807, 2.05) is 6.92 Å². The number of nitrogens with one attached hydrogen (secondary N) is 1. The molecule has 0 radical (unpaired) electrons. The zero-order valence-corrected chi connectivity index (χ0v) is 21.6. The summed E-state index contributed by atoms with van der Waals surface area (Å²) >= 11 is 9.36. The lowest BCUT2D eigenvalue weighted by Gasteiger charge is -2.32. The van der Waals surface area contributed by atoms with Crippen LogP contribution in [0.3, 0.4) is 0 Å². The largest absolute Gasteiger partial charge is 0.357 e. The number of benzene rings is 2. The first kappa shape index (κ1) is 26.2. The van der Waals surface area contributed by atoms with Crippen LogP contribution in [-0.4, -0.2) is 51.0 Å². The molecule has 1 N–H and O–H groups in total. The number of amides is 2. The third-order valence-corrected chi connectivity index (χ3v) is 7.29. The highest BCUT2D eigenvalue weighted by Crippen LogP contribution is 2.25. The molecule has 0 fully saturated rings. The normalized spacial score (nSPS) is 12.2. The van der Waals surface area contributed by atoms with Gasteiger partial charge in [0.1, 0.15) is 12.6 Å². The van der Waals surface area contributed by atoms with Crippen molar-refractivity contribution in [1.29, 1.82) is 0 Å². The Kier molecular flexibility index (Phi) is 9.12. The van der Waals surface area contributed by atoms with Crippen LogP contribution in [0.1, 0.15) is 24.5 Å². The third-order valence-electron chi connectivity index (χ3n) is 5.01. The van der Waals surface area contributed by atoms with Crippen LogP contribution < -0.4 is 9.62 Å². The van der Waals surface area contributed by atoms with Gasteiger partial charge in [-0.15, -0.1) is 0 Å². The number of halogens is 2. The van der Waals surface area contributed by atoms with Gasteiger partial charge in [-0.1, -0.05) is 46.6 Å². The number of sulfonamides is 1. The van der Waals surface area contributed by atoms with Gasteiger partial charge in [0.15, 0.2) is 0 Å². The van der Waals surface area contributed by atoms with E-state index in [2.05, 4.69) is 21.2 Å². The number of carbonyl (C=O) groups is 2. The molecule has 0 heterocycles. The van der Waals surface area contributed by atoms with Crippen molar-refractivity contribution in [3.05, 3.63) is 63.1 Å². The summed E-state index contributed by atoms with van der Waals surface area (Å²) in [5, 5.41) is 3.14. The van der Waals surface area contributed by atoms with Gasteiger partial charge in [0.05, 0.1) is 11.9 Å². The Labute approximate surface area is 202 Å². The van der Waals surface area contributed by atoms with Gasteiger partial charge in [-0.3, -0.25) is 13.9 Å². The molecule has 2 rings (SSSR count). The molecule has 2 amide bonds. The quantitative estimate of drug-likeness (QED) is 0.521. The maximum atomic E-state index is 13.4. The van der Waals surface area contributed by atoms with E-state index >= 15 is 0 Å². The number of hydrogen-bond donors (Lipinski definition) is 1. The van der Waals surface area contributed by atoms with E-state index in [0.717, 1.165) is 26.2 Å². The smallest absolute Gasteiger partial charge is 0.244 e. The average molecular weight is 545 g/mol. The topological polar surface area (TPSA) is 86.8 Å². The summed E-state index contributed by atoms with van der Waals surface area (Å²) in [5.74, 6) is -0.804. The molecular weight excluding hydrogens is 518 g/mol. The fraction of sp³-hybridized carbons (Fsp3) is 0.364. The maximum absolute atomic E-state index is 13.4. The first-order valence-electron chi connectivity index (χ1n) is 9.97. The van der Waals surface area contributed by atoms with E-state index in [-0.39, 0.29) is 12.5 Å². The molecule has 2 aromatic carbocycles. The summed E-state index contributed by atoms with van der Waals surface area (Å²) in [7, 11) is -2.26. The molecule has 0 unspecified atom stereocenters. The minimum absolute atomic E-state index is 0.138. The molecule has 0 aliphatic rings. The Bertz CT molecular complexity index is 1080. The summed E-state index contributed by atoms with van der Waals surface area (Å²) < 4.78 is 27.0. The molecule has 174 valence electrons. The van der Waals surface area contributed by atoms with Crippen molar-refractivity contribution >= 4 is 55.1 Å². The third kappa shape index (κ3) is 6.70. The van der Waals surface area contributed by atoms with E-state index in [1.165, 1.54) is 11.9 Å². The van der Waals surface area contributed by atoms with Gasteiger partial charge in [0.25, 0.3) is 0 Å². The van der Waals surface area contributed by atoms with Crippen LogP contribution in [0.5, 0.6) is 0 Å². The van der Waals surface area contributed by atoms with Gasteiger partial charge in [0, 0.05) is 23.1 Å². The van der Waals surface area contributed by atoms with Crippen LogP contribution in [0.15, 0.2) is 46.9 Å². The van der Waals surface area contributed by atoms with Crippen molar-refractivity contribution in [3.8, 4) is 0 Å². The second-order valence-corrected chi connectivity index (χ2v) is 10.6. The van der Waals surface area contributed by atoms with Crippen LogP contribution in [0.4, 0.5) is 5.69 Å². The zero-order valence-electron chi connectivity index (χ0n) is 18.4. The van der Waals surface area contributed by atoms with Crippen LogP contribution in [0.2, 0.25) is 5.02 Å². The molecule has 0 saturated heterocycles. The number of nitrogens with zero attached hydrogens (tertiary/aromatic N) is 2. The number of carbonyl (C=O) groups excluding carboxylic acids is 2. The summed E-state index contributed by atoms with van der Waals surface area (Å²) in [6.45, 7) is 3.34. The minimum atomic E-state index is -3.76. The minimum Gasteiger partial charge on any atom is -0.357 e. The molecule has 7 nitrogen and oxygen atoms in total. The molecule has 0 aliphatic heterocycles. The van der Waals surface area contributed by atoms with E-state index < -0.39 is 28.5 Å². The van der Waals surface area contributed by atoms with Crippen LogP contribution in [0, 0.1) is 6.92 Å². The monoisotopic (exact) mass is 543 g/mol. The van der Waals surface area contributed by atoms with Gasteiger partial charge >= 0.3 is 0 Å². The second-order valence-electron chi connectivity index (χ2n) is 7.39. The molecule has 0 aliphatic carbocycles. The molecule has 2 aromatic rings. The first-order valence-corrected chi connectivity index (χ1v) is 13.0. The highest BCUT2D eigenvalue weighted by atomic mass is 79.9. The Morgan fingerprint density at radius 3 is 2.28 bits per heavy atom. The predicted octanol–water partition coefficient (Wildman–Crippen LogP) is 3.73. The van der Waals surface area contributed by atoms with Crippen LogP contribution >= 0.6 is 27.5 Å². The summed E-state index contributed by atoms with van der Waals surface area (Å²) in [4.78, 5) is 27.3. The van der Waals surface area contributed by atoms with Crippen molar-refractivity contribution < 1.29 is 18.0 Å². The molecule has 1 atom stereocenters. The Balaban J connectivity index is 2.43. The summed E-state index contributed by atoms with van der Waals surface area (Å²) in [6.07, 6.45) is 1.42. The van der Waals surface area contributed by atoms with Crippen molar-refractivity contribution in [2.75, 3.05) is 24.2 Å². The average Bonchev–Trinajstić information content (AvgIpc) is 2.74. The van der Waals surface area contributed by atoms with E-state index in [0.29, 0.717) is 17.1 Å². The maximum Gasteiger partial charge on any atom is 0.244 e. The Hall–Kier alpha value is -2.10. The molecule has 10 heteroatoms. The SMILES string of the molecule is CC[C@@H](C(=O)NC)N(Cc1ccc(Cl)cc1)C(=O)CN(c1ccc(Br)c(C)c1)S(C)(=O)=O. The van der Waals surface area contributed by atoms with Gasteiger partial charge < -0.3 is 10.2 Å². The molecule has 0 aromatic heterocycles. The Morgan fingerprint density at radius 2 is 1.78 bits per heavy atom. The lowest BCUT2D eigenvalue weighted by molar-refractivity contribution is -0.140.